The molecule has 0 aromatic carbocycles. The fraction of sp³-hybridized carbons (Fsp3) is 0.667. The molecule has 2 aliphatic rings. The van der Waals surface area contributed by atoms with Gasteiger partial charge in [0.05, 0.1) is 0 Å². The molecule has 23 heavy (non-hydrogen) atoms. The molecule has 1 atom stereocenters. The third-order valence-corrected chi connectivity index (χ3v) is 4.85. The van der Waals surface area contributed by atoms with Crippen LogP contribution in [0.25, 0.3) is 0 Å². The number of ketones is 1. The number of aliphatic hydroxyl groups excluding tert-OH is 1. The van der Waals surface area contributed by atoms with Gasteiger partial charge in [-0.1, -0.05) is 71.6 Å². The van der Waals surface area contributed by atoms with E-state index in [0.717, 1.165) is 56.1 Å². The summed E-state index contributed by atoms with van der Waals surface area (Å²) >= 11 is 0. The van der Waals surface area contributed by atoms with Crippen molar-refractivity contribution in [1.82, 2.24) is 0 Å². The summed E-state index contributed by atoms with van der Waals surface area (Å²) in [6.07, 6.45) is 14.2. The zero-order valence-corrected chi connectivity index (χ0v) is 15.4. The van der Waals surface area contributed by atoms with Gasteiger partial charge >= 0.3 is 0 Å². The van der Waals surface area contributed by atoms with Crippen LogP contribution in [-0.2, 0) is 4.79 Å². The van der Waals surface area contributed by atoms with Crippen LogP contribution in [0.4, 0.5) is 0 Å². The van der Waals surface area contributed by atoms with Crippen molar-refractivity contribution < 1.29 is 9.90 Å². The molecule has 2 heteroatoms. The van der Waals surface area contributed by atoms with Gasteiger partial charge < -0.3 is 5.11 Å². The van der Waals surface area contributed by atoms with Gasteiger partial charge in [0.25, 0.3) is 0 Å². The van der Waals surface area contributed by atoms with Crippen molar-refractivity contribution in [3.63, 3.8) is 0 Å². The average Bonchev–Trinajstić information content (AvgIpc) is 3.10. The standard InChI is InChI=1S/C19H28O2.C2H6/c1-3-9-14(4-2)18(20)16-12-8-13-17(16)19(21)15-10-6-5-7-11-15;1-2/h8,12-15,20H,3-7,9-11H2,1-2H3;1-2H3/b18-16-;. The Labute approximate surface area is 142 Å². The molecule has 0 bridgehead atoms. The zero-order chi connectivity index (χ0) is 17.2. The van der Waals surface area contributed by atoms with Crippen LogP contribution in [0.3, 0.4) is 0 Å². The lowest BCUT2D eigenvalue weighted by molar-refractivity contribution is -0.119. The smallest absolute Gasteiger partial charge is 0.166 e. The molecule has 1 saturated carbocycles. The first kappa shape index (κ1) is 19.7. The van der Waals surface area contributed by atoms with Gasteiger partial charge in [-0.15, -0.1) is 0 Å². The number of hydrogen-bond acceptors (Lipinski definition) is 2. The maximum Gasteiger partial charge on any atom is 0.166 e. The Morgan fingerprint density at radius 1 is 1.22 bits per heavy atom. The minimum atomic E-state index is 0.166. The summed E-state index contributed by atoms with van der Waals surface area (Å²) in [6, 6.07) is 0. The van der Waals surface area contributed by atoms with E-state index in [1.807, 2.05) is 32.1 Å². The summed E-state index contributed by atoms with van der Waals surface area (Å²) in [5.74, 6) is 1.00. The van der Waals surface area contributed by atoms with Gasteiger partial charge in [-0.3, -0.25) is 4.79 Å². The second-order valence-electron chi connectivity index (χ2n) is 6.33. The molecule has 2 nitrogen and oxygen atoms in total. The highest BCUT2D eigenvalue weighted by molar-refractivity contribution is 6.03. The fourth-order valence-electron chi connectivity index (χ4n) is 3.55. The highest BCUT2D eigenvalue weighted by Crippen LogP contribution is 2.34. The van der Waals surface area contributed by atoms with Crippen LogP contribution in [-0.4, -0.2) is 10.9 Å². The van der Waals surface area contributed by atoms with E-state index in [4.69, 9.17) is 0 Å². The van der Waals surface area contributed by atoms with E-state index in [0.29, 0.717) is 5.76 Å². The normalized spacial score (nSPS) is 21.3. The highest BCUT2D eigenvalue weighted by atomic mass is 16.3. The van der Waals surface area contributed by atoms with E-state index < -0.39 is 0 Å². The molecule has 0 aliphatic heterocycles. The fourth-order valence-corrected chi connectivity index (χ4v) is 3.55. The molecule has 0 spiro atoms. The lowest BCUT2D eigenvalue weighted by Gasteiger charge is -2.22. The number of allylic oxidation sites excluding steroid dienone is 6. The van der Waals surface area contributed by atoms with Gasteiger partial charge in [0, 0.05) is 23.0 Å². The molecule has 2 rings (SSSR count). The average molecular weight is 319 g/mol. The molecule has 1 N–H and O–H groups in total. The minimum absolute atomic E-state index is 0.166. The second-order valence-corrected chi connectivity index (χ2v) is 6.33. The first-order chi connectivity index (χ1) is 11.2. The quantitative estimate of drug-likeness (QED) is 0.584. The Balaban J connectivity index is 0.00000127. The molecule has 2 aliphatic carbocycles. The second kappa shape index (κ2) is 10.5. The molecule has 0 aromatic rings. The summed E-state index contributed by atoms with van der Waals surface area (Å²) < 4.78 is 0. The van der Waals surface area contributed by atoms with Crippen LogP contribution in [0, 0.1) is 11.8 Å². The lowest BCUT2D eigenvalue weighted by atomic mass is 9.81. The van der Waals surface area contributed by atoms with E-state index in [1.54, 1.807) is 0 Å². The van der Waals surface area contributed by atoms with Gasteiger partial charge in [-0.25, -0.2) is 0 Å². The highest BCUT2D eigenvalue weighted by Gasteiger charge is 2.28. The van der Waals surface area contributed by atoms with Crippen molar-refractivity contribution in [3.05, 3.63) is 35.1 Å². The minimum Gasteiger partial charge on any atom is -0.511 e. The van der Waals surface area contributed by atoms with Gasteiger partial charge in [-0.2, -0.15) is 0 Å². The maximum absolute atomic E-state index is 12.7. The first-order valence-electron chi connectivity index (χ1n) is 9.55. The van der Waals surface area contributed by atoms with Crippen molar-refractivity contribution in [2.75, 3.05) is 0 Å². The van der Waals surface area contributed by atoms with Crippen LogP contribution >= 0.6 is 0 Å². The summed E-state index contributed by atoms with van der Waals surface area (Å²) in [5, 5.41) is 10.6. The molecule has 0 heterocycles. The van der Waals surface area contributed by atoms with Gasteiger partial charge in [0.1, 0.15) is 5.76 Å². The number of Topliss-reactive ketones (excluding diaryl/α,β-unsaturated/α-hetero) is 1. The van der Waals surface area contributed by atoms with Crippen LogP contribution in [0.5, 0.6) is 0 Å². The van der Waals surface area contributed by atoms with E-state index in [9.17, 15) is 9.90 Å². The van der Waals surface area contributed by atoms with Crippen molar-refractivity contribution in [2.24, 2.45) is 11.8 Å². The maximum atomic E-state index is 12.7. The summed E-state index contributed by atoms with van der Waals surface area (Å²) in [4.78, 5) is 12.7. The van der Waals surface area contributed by atoms with Crippen molar-refractivity contribution in [2.45, 2.75) is 79.1 Å². The Kier molecular flexibility index (Phi) is 8.98. The predicted molar refractivity (Wildman–Crippen MR) is 98.5 cm³/mol. The molecular weight excluding hydrogens is 284 g/mol. The van der Waals surface area contributed by atoms with Crippen LogP contribution in [0.1, 0.15) is 79.1 Å². The molecule has 130 valence electrons. The van der Waals surface area contributed by atoms with Crippen molar-refractivity contribution in [1.29, 1.82) is 0 Å². The van der Waals surface area contributed by atoms with Crippen LogP contribution in [0.2, 0.25) is 0 Å². The van der Waals surface area contributed by atoms with E-state index in [2.05, 4.69) is 13.8 Å². The SMILES string of the molecule is CC.CCCC(CC)/C(O)=C1\C=CC=C1C(=O)C1CCCCC1. The molecule has 1 fully saturated rings. The van der Waals surface area contributed by atoms with Gasteiger partial charge in [-0.05, 0) is 25.7 Å². The number of hydrogen-bond donors (Lipinski definition) is 1. The van der Waals surface area contributed by atoms with E-state index in [-0.39, 0.29) is 17.6 Å². The summed E-state index contributed by atoms with van der Waals surface area (Å²) in [6.45, 7) is 8.23. The van der Waals surface area contributed by atoms with Crippen molar-refractivity contribution in [3.8, 4) is 0 Å². The zero-order valence-electron chi connectivity index (χ0n) is 15.4. The van der Waals surface area contributed by atoms with E-state index >= 15 is 0 Å². The first-order valence-corrected chi connectivity index (χ1v) is 9.55. The van der Waals surface area contributed by atoms with Gasteiger partial charge in [0.15, 0.2) is 5.78 Å². The third kappa shape index (κ3) is 5.09. The van der Waals surface area contributed by atoms with Gasteiger partial charge in [0.2, 0.25) is 0 Å². The van der Waals surface area contributed by atoms with Crippen LogP contribution in [0.15, 0.2) is 35.1 Å². The monoisotopic (exact) mass is 318 g/mol. The van der Waals surface area contributed by atoms with Crippen molar-refractivity contribution >= 4 is 5.78 Å². The molecule has 1 unspecified atom stereocenters. The number of carbonyl (C=O) groups is 1. The topological polar surface area (TPSA) is 37.3 Å². The Morgan fingerprint density at radius 2 is 1.87 bits per heavy atom. The third-order valence-electron chi connectivity index (χ3n) is 4.85. The Bertz CT molecular complexity index is 462. The number of aliphatic hydroxyl groups is 1. The molecule has 0 amide bonds. The number of carbonyl (C=O) groups excluding carboxylic acids is 1. The number of rotatable bonds is 6. The Hall–Kier alpha value is -1.31. The van der Waals surface area contributed by atoms with E-state index in [1.165, 1.54) is 6.42 Å². The Morgan fingerprint density at radius 3 is 2.43 bits per heavy atom. The largest absolute Gasteiger partial charge is 0.511 e. The molecule has 0 radical (unpaired) electrons. The summed E-state index contributed by atoms with van der Waals surface area (Å²) in [7, 11) is 0. The lowest BCUT2D eigenvalue weighted by Crippen LogP contribution is -2.20. The summed E-state index contributed by atoms with van der Waals surface area (Å²) in [5.41, 5.74) is 1.53. The van der Waals surface area contributed by atoms with Crippen LogP contribution < -0.4 is 0 Å². The predicted octanol–water partition coefficient (Wildman–Crippen LogP) is 6.30. The molecular formula is C21H34O2. The molecule has 0 aromatic heterocycles. The molecule has 0 saturated heterocycles.